The Labute approximate surface area is 156 Å². The van der Waals surface area contributed by atoms with Crippen LogP contribution in [0.15, 0.2) is 40.3 Å². The number of nitro groups is 1. The quantitative estimate of drug-likeness (QED) is 0.466. The molecular formula is C17H20N4O5S. The molecule has 0 amide bonds. The predicted molar refractivity (Wildman–Crippen MR) is 99.1 cm³/mol. The van der Waals surface area contributed by atoms with E-state index in [2.05, 4.69) is 22.7 Å². The van der Waals surface area contributed by atoms with E-state index in [0.29, 0.717) is 25.0 Å². The van der Waals surface area contributed by atoms with E-state index in [4.69, 9.17) is 4.74 Å². The van der Waals surface area contributed by atoms with Gasteiger partial charge in [-0.25, -0.2) is 8.42 Å². The molecule has 2 atom stereocenters. The Bertz CT molecular complexity index is 921. The van der Waals surface area contributed by atoms with Crippen LogP contribution in [0, 0.1) is 22.0 Å². The van der Waals surface area contributed by atoms with Crippen LogP contribution in [0.3, 0.4) is 0 Å². The predicted octanol–water partition coefficient (Wildman–Crippen LogP) is 1.98. The summed E-state index contributed by atoms with van der Waals surface area (Å²) < 4.78 is 32.6. The van der Waals surface area contributed by atoms with Gasteiger partial charge in [-0.3, -0.25) is 15.5 Å². The van der Waals surface area contributed by atoms with Gasteiger partial charge < -0.3 is 4.74 Å². The molecule has 10 heteroatoms. The van der Waals surface area contributed by atoms with Crippen molar-refractivity contribution in [2.75, 3.05) is 31.7 Å². The van der Waals surface area contributed by atoms with E-state index in [1.807, 2.05) is 0 Å². The van der Waals surface area contributed by atoms with E-state index in [0.717, 1.165) is 24.6 Å². The smallest absolute Gasteiger partial charge is 0.270 e. The third kappa shape index (κ3) is 3.35. The van der Waals surface area contributed by atoms with E-state index in [1.165, 1.54) is 16.4 Å². The minimum Gasteiger partial charge on any atom is -0.379 e. The van der Waals surface area contributed by atoms with Crippen molar-refractivity contribution in [3.05, 3.63) is 40.5 Å². The molecule has 1 saturated carbocycles. The Morgan fingerprint density at radius 2 is 2.07 bits per heavy atom. The number of hydrogen-bond acceptors (Lipinski definition) is 7. The number of morpholine rings is 1. The maximum absolute atomic E-state index is 13.0. The molecule has 9 nitrogen and oxygen atoms in total. The van der Waals surface area contributed by atoms with Crippen molar-refractivity contribution >= 4 is 27.1 Å². The minimum absolute atomic E-state index is 0.138. The molecule has 2 fully saturated rings. The van der Waals surface area contributed by atoms with Gasteiger partial charge in [-0.05, 0) is 24.8 Å². The first kappa shape index (κ1) is 18.1. The Balaban J connectivity index is 1.65. The molecule has 1 aromatic rings. The number of nitrogens with zero attached hydrogens (tertiary/aromatic N) is 3. The zero-order chi connectivity index (χ0) is 19.0. The number of nitrogens with one attached hydrogen (secondary N) is 1. The average Bonchev–Trinajstić information content (AvgIpc) is 3.03. The molecule has 0 spiro atoms. The van der Waals surface area contributed by atoms with Gasteiger partial charge in [0.25, 0.3) is 5.69 Å². The Morgan fingerprint density at radius 1 is 1.30 bits per heavy atom. The van der Waals surface area contributed by atoms with Crippen molar-refractivity contribution in [2.45, 2.75) is 17.7 Å². The van der Waals surface area contributed by atoms with Gasteiger partial charge in [0.15, 0.2) is 0 Å². The monoisotopic (exact) mass is 392 g/mol. The second kappa shape index (κ2) is 7.02. The molecule has 0 unspecified atom stereocenters. The Kier molecular flexibility index (Phi) is 4.70. The molecule has 1 aromatic carbocycles. The first-order valence-electron chi connectivity index (χ1n) is 8.82. The van der Waals surface area contributed by atoms with Gasteiger partial charge in [0.1, 0.15) is 4.90 Å². The highest BCUT2D eigenvalue weighted by atomic mass is 32.2. The summed E-state index contributed by atoms with van der Waals surface area (Å²) in [7, 11) is -3.90. The van der Waals surface area contributed by atoms with Gasteiger partial charge >= 0.3 is 0 Å². The van der Waals surface area contributed by atoms with Crippen LogP contribution >= 0.6 is 0 Å². The van der Waals surface area contributed by atoms with Crippen LogP contribution in [0.4, 0.5) is 11.4 Å². The Morgan fingerprint density at radius 3 is 2.78 bits per heavy atom. The molecular weight excluding hydrogens is 372 g/mol. The van der Waals surface area contributed by atoms with Gasteiger partial charge in [0, 0.05) is 36.9 Å². The number of benzene rings is 1. The second-order valence-corrected chi connectivity index (χ2v) is 8.73. The van der Waals surface area contributed by atoms with Crippen LogP contribution in [0.2, 0.25) is 0 Å². The first-order valence-corrected chi connectivity index (χ1v) is 10.3. The van der Waals surface area contributed by atoms with Crippen LogP contribution in [-0.2, 0) is 14.8 Å². The van der Waals surface area contributed by atoms with Gasteiger partial charge in [-0.1, -0.05) is 12.2 Å². The lowest BCUT2D eigenvalue weighted by Crippen LogP contribution is -2.40. The second-order valence-electron chi connectivity index (χ2n) is 6.82. The summed E-state index contributed by atoms with van der Waals surface area (Å²) in [6.07, 6.45) is 6.19. The van der Waals surface area contributed by atoms with Gasteiger partial charge in [-0.15, -0.1) is 0 Å². The maximum atomic E-state index is 13.0. The highest BCUT2D eigenvalue weighted by Crippen LogP contribution is 2.40. The number of non-ortho nitro benzene ring substituents is 1. The van der Waals surface area contributed by atoms with E-state index < -0.39 is 14.9 Å². The molecule has 144 valence electrons. The normalized spacial score (nSPS) is 26.6. The van der Waals surface area contributed by atoms with E-state index in [9.17, 15) is 18.5 Å². The van der Waals surface area contributed by atoms with E-state index in [1.54, 1.807) is 0 Å². The lowest BCUT2D eigenvalue weighted by molar-refractivity contribution is -0.385. The fraction of sp³-hybridized carbons (Fsp3) is 0.471. The van der Waals surface area contributed by atoms with Crippen molar-refractivity contribution in [1.29, 1.82) is 0 Å². The number of allylic oxidation sites excluding steroid dienone is 2. The molecule has 0 bridgehead atoms. The van der Waals surface area contributed by atoms with Crippen molar-refractivity contribution < 1.29 is 18.1 Å². The van der Waals surface area contributed by atoms with Gasteiger partial charge in [-0.2, -0.15) is 9.41 Å². The van der Waals surface area contributed by atoms with Gasteiger partial charge in [0.2, 0.25) is 10.0 Å². The number of fused-ring (bicyclic) bond motifs is 1. The molecule has 3 aliphatic rings. The molecule has 4 rings (SSSR count). The lowest BCUT2D eigenvalue weighted by atomic mass is 9.74. The maximum Gasteiger partial charge on any atom is 0.270 e. The van der Waals surface area contributed by atoms with Crippen LogP contribution < -0.4 is 5.43 Å². The fourth-order valence-electron chi connectivity index (χ4n) is 3.65. The van der Waals surface area contributed by atoms with E-state index >= 15 is 0 Å². The number of nitro benzene ring substituents is 1. The van der Waals surface area contributed by atoms with Crippen molar-refractivity contribution in [2.24, 2.45) is 16.9 Å². The molecule has 1 saturated heterocycles. The van der Waals surface area contributed by atoms with Gasteiger partial charge in [0.05, 0.1) is 23.8 Å². The standard InChI is InChI=1S/C17H20N4O5S/c22-21(23)13-4-5-15(18-19-16-10-12-2-1-3-14(12)16)17(11-13)27(24,25)20-6-8-26-9-7-20/h1,3-5,11-12,14,18H,2,6-10H2/b19-16-/t12-,14+/m0/s1. The van der Waals surface area contributed by atoms with Crippen molar-refractivity contribution in [1.82, 2.24) is 4.31 Å². The highest BCUT2D eigenvalue weighted by Gasteiger charge is 2.38. The molecule has 27 heavy (non-hydrogen) atoms. The average molecular weight is 392 g/mol. The summed E-state index contributed by atoms with van der Waals surface area (Å²) in [6, 6.07) is 3.77. The zero-order valence-electron chi connectivity index (χ0n) is 14.6. The number of hydrogen-bond donors (Lipinski definition) is 1. The largest absolute Gasteiger partial charge is 0.379 e. The number of hydrazone groups is 1. The van der Waals surface area contributed by atoms with Crippen LogP contribution in [0.1, 0.15) is 12.8 Å². The number of sulfonamides is 1. The summed E-state index contributed by atoms with van der Waals surface area (Å²) in [6.45, 7) is 1.03. The lowest BCUT2D eigenvalue weighted by Gasteiger charge is -2.32. The number of anilines is 1. The molecule has 1 aliphatic heterocycles. The summed E-state index contributed by atoms with van der Waals surface area (Å²) in [5.41, 5.74) is 3.77. The third-order valence-electron chi connectivity index (χ3n) is 5.23. The molecule has 0 radical (unpaired) electrons. The first-order chi connectivity index (χ1) is 13.0. The summed E-state index contributed by atoms with van der Waals surface area (Å²) >= 11 is 0. The van der Waals surface area contributed by atoms with E-state index in [-0.39, 0.29) is 29.4 Å². The third-order valence-corrected chi connectivity index (χ3v) is 7.17. The molecule has 1 heterocycles. The SMILES string of the molecule is O=[N+]([O-])c1ccc(N/N=C2/C[C@@H]3CC=C[C@@H]23)c(S(=O)(=O)N2CCOCC2)c1. The Hall–Kier alpha value is -2.30. The van der Waals surface area contributed by atoms with Crippen LogP contribution in [-0.4, -0.2) is 49.7 Å². The molecule has 1 N–H and O–H groups in total. The molecule has 0 aromatic heterocycles. The fourth-order valence-corrected chi connectivity index (χ4v) is 5.22. The highest BCUT2D eigenvalue weighted by molar-refractivity contribution is 7.89. The number of rotatable bonds is 5. The summed E-state index contributed by atoms with van der Waals surface area (Å²) in [5.74, 6) is 0.911. The van der Waals surface area contributed by atoms with Crippen molar-refractivity contribution in [3.8, 4) is 0 Å². The summed E-state index contributed by atoms with van der Waals surface area (Å²) in [4.78, 5) is 10.4. The van der Waals surface area contributed by atoms with Crippen LogP contribution in [0.25, 0.3) is 0 Å². The zero-order valence-corrected chi connectivity index (χ0v) is 15.4. The minimum atomic E-state index is -3.90. The number of ether oxygens (including phenoxy) is 1. The van der Waals surface area contributed by atoms with Crippen molar-refractivity contribution in [3.63, 3.8) is 0 Å². The summed E-state index contributed by atoms with van der Waals surface area (Å²) in [5, 5.41) is 15.5. The van der Waals surface area contributed by atoms with Crippen LogP contribution in [0.5, 0.6) is 0 Å². The topological polar surface area (TPSA) is 114 Å². The molecule has 2 aliphatic carbocycles.